The van der Waals surface area contributed by atoms with E-state index in [0.29, 0.717) is 23.7 Å². The predicted octanol–water partition coefficient (Wildman–Crippen LogP) is 1.46. The molecule has 14 heavy (non-hydrogen) atoms. The van der Waals surface area contributed by atoms with E-state index in [4.69, 9.17) is 10.2 Å². The zero-order valence-electron chi connectivity index (χ0n) is 8.32. The van der Waals surface area contributed by atoms with Gasteiger partial charge in [0.05, 0.1) is 5.41 Å². The lowest BCUT2D eigenvalue weighted by molar-refractivity contribution is 0.391. The molecule has 2 aromatic heterocycles. The summed E-state index contributed by atoms with van der Waals surface area (Å²) in [5.74, 6) is 0.647. The number of hydrogen-bond donors (Lipinski definition) is 1. The molecule has 0 aliphatic heterocycles. The van der Waals surface area contributed by atoms with Gasteiger partial charge in [-0.05, 0) is 26.0 Å². The van der Waals surface area contributed by atoms with Crippen molar-refractivity contribution in [3.8, 4) is 0 Å². The Bertz CT molecular complexity index is 414. The Morgan fingerprint density at radius 2 is 2.29 bits per heavy atom. The molecule has 2 heterocycles. The van der Waals surface area contributed by atoms with Crippen molar-refractivity contribution in [3.05, 3.63) is 24.2 Å². The molecule has 0 bridgehead atoms. The van der Waals surface area contributed by atoms with Gasteiger partial charge in [0.15, 0.2) is 11.2 Å². The Morgan fingerprint density at radius 1 is 1.50 bits per heavy atom. The topological polar surface area (TPSA) is 64.9 Å². The van der Waals surface area contributed by atoms with Gasteiger partial charge in [0.25, 0.3) is 0 Å². The number of aromatic nitrogens is 2. The van der Waals surface area contributed by atoms with Gasteiger partial charge in [0.2, 0.25) is 5.89 Å². The standard InChI is InChI=1S/C10H13N3O/c1-10(2,6-11)9-13-8-7(14-9)4-3-5-12-8/h3-5H,6,11H2,1-2H3. The zero-order valence-corrected chi connectivity index (χ0v) is 8.32. The van der Waals surface area contributed by atoms with E-state index in [1.165, 1.54) is 0 Å². The number of nitrogens with two attached hydrogens (primary N) is 1. The fourth-order valence-corrected chi connectivity index (χ4v) is 1.15. The van der Waals surface area contributed by atoms with Crippen LogP contribution in [0.3, 0.4) is 0 Å². The van der Waals surface area contributed by atoms with Gasteiger partial charge in [0.1, 0.15) is 0 Å². The molecule has 0 aromatic carbocycles. The molecule has 0 spiro atoms. The van der Waals surface area contributed by atoms with E-state index in [-0.39, 0.29) is 5.41 Å². The lowest BCUT2D eigenvalue weighted by atomic mass is 9.94. The van der Waals surface area contributed by atoms with Gasteiger partial charge < -0.3 is 10.2 Å². The second-order valence-corrected chi connectivity index (χ2v) is 3.93. The summed E-state index contributed by atoms with van der Waals surface area (Å²) in [6.45, 7) is 4.50. The van der Waals surface area contributed by atoms with Gasteiger partial charge >= 0.3 is 0 Å². The van der Waals surface area contributed by atoms with Crippen molar-refractivity contribution in [3.63, 3.8) is 0 Å². The van der Waals surface area contributed by atoms with Gasteiger partial charge in [-0.1, -0.05) is 0 Å². The molecule has 74 valence electrons. The highest BCUT2D eigenvalue weighted by Gasteiger charge is 2.25. The average Bonchev–Trinajstić information content (AvgIpc) is 2.61. The third-order valence-electron chi connectivity index (χ3n) is 2.25. The van der Waals surface area contributed by atoms with Crippen LogP contribution in [0.4, 0.5) is 0 Å². The summed E-state index contributed by atoms with van der Waals surface area (Å²) >= 11 is 0. The molecule has 0 fully saturated rings. The van der Waals surface area contributed by atoms with Crippen LogP contribution in [-0.4, -0.2) is 16.5 Å². The van der Waals surface area contributed by atoms with Crippen LogP contribution >= 0.6 is 0 Å². The van der Waals surface area contributed by atoms with Crippen molar-refractivity contribution in [2.45, 2.75) is 19.3 Å². The smallest absolute Gasteiger partial charge is 0.203 e. The molecule has 2 aromatic rings. The van der Waals surface area contributed by atoms with Gasteiger partial charge in [-0.2, -0.15) is 4.98 Å². The third-order valence-corrected chi connectivity index (χ3v) is 2.25. The lowest BCUT2D eigenvalue weighted by Gasteiger charge is -2.16. The van der Waals surface area contributed by atoms with Crippen LogP contribution in [0.25, 0.3) is 11.2 Å². The minimum absolute atomic E-state index is 0.235. The molecule has 0 aliphatic rings. The van der Waals surface area contributed by atoms with Crippen molar-refractivity contribution in [2.75, 3.05) is 6.54 Å². The molecule has 0 saturated heterocycles. The maximum atomic E-state index is 5.64. The molecule has 0 radical (unpaired) electrons. The zero-order chi connectivity index (χ0) is 10.2. The molecule has 4 heteroatoms. The highest BCUT2D eigenvalue weighted by Crippen LogP contribution is 2.24. The molecule has 0 amide bonds. The Kier molecular flexibility index (Phi) is 2.00. The number of fused-ring (bicyclic) bond motifs is 1. The Labute approximate surface area is 82.1 Å². The second-order valence-electron chi connectivity index (χ2n) is 3.93. The fourth-order valence-electron chi connectivity index (χ4n) is 1.15. The number of pyridine rings is 1. The highest BCUT2D eigenvalue weighted by atomic mass is 16.3. The molecule has 0 aliphatic carbocycles. The van der Waals surface area contributed by atoms with Gasteiger partial charge in [-0.25, -0.2) is 4.98 Å². The molecule has 0 unspecified atom stereocenters. The second kappa shape index (κ2) is 3.06. The summed E-state index contributed by atoms with van der Waals surface area (Å²) in [7, 11) is 0. The predicted molar refractivity (Wildman–Crippen MR) is 53.9 cm³/mol. The van der Waals surface area contributed by atoms with Crippen molar-refractivity contribution in [1.29, 1.82) is 0 Å². The van der Waals surface area contributed by atoms with E-state index in [1.807, 2.05) is 26.0 Å². The van der Waals surface area contributed by atoms with Crippen LogP contribution in [0.1, 0.15) is 19.7 Å². The van der Waals surface area contributed by atoms with E-state index in [9.17, 15) is 0 Å². The quantitative estimate of drug-likeness (QED) is 0.780. The third kappa shape index (κ3) is 1.37. The largest absolute Gasteiger partial charge is 0.438 e. The van der Waals surface area contributed by atoms with Crippen molar-refractivity contribution in [1.82, 2.24) is 9.97 Å². The first-order valence-corrected chi connectivity index (χ1v) is 4.55. The summed E-state index contributed by atoms with van der Waals surface area (Å²) in [6.07, 6.45) is 1.70. The van der Waals surface area contributed by atoms with Crippen molar-refractivity contribution >= 4 is 11.2 Å². The first-order valence-electron chi connectivity index (χ1n) is 4.55. The van der Waals surface area contributed by atoms with Gasteiger partial charge in [-0.15, -0.1) is 0 Å². The summed E-state index contributed by atoms with van der Waals surface area (Å²) in [5, 5.41) is 0. The molecule has 0 saturated carbocycles. The van der Waals surface area contributed by atoms with Crippen LogP contribution in [0, 0.1) is 0 Å². The molecular formula is C10H13N3O. The Hall–Kier alpha value is -1.42. The molecule has 2 rings (SSSR count). The molecule has 0 atom stereocenters. The monoisotopic (exact) mass is 191 g/mol. The maximum Gasteiger partial charge on any atom is 0.203 e. The van der Waals surface area contributed by atoms with E-state index < -0.39 is 0 Å². The number of nitrogens with zero attached hydrogens (tertiary/aromatic N) is 2. The van der Waals surface area contributed by atoms with Gasteiger partial charge in [0, 0.05) is 12.7 Å². The highest BCUT2D eigenvalue weighted by molar-refractivity contribution is 5.67. The van der Waals surface area contributed by atoms with Crippen LogP contribution in [0.2, 0.25) is 0 Å². The van der Waals surface area contributed by atoms with Crippen LogP contribution in [-0.2, 0) is 5.41 Å². The fraction of sp³-hybridized carbons (Fsp3) is 0.400. The van der Waals surface area contributed by atoms with Crippen LogP contribution in [0.15, 0.2) is 22.7 Å². The number of hydrogen-bond acceptors (Lipinski definition) is 4. The van der Waals surface area contributed by atoms with Crippen LogP contribution < -0.4 is 5.73 Å². The molecule has 2 N–H and O–H groups in total. The number of oxazole rings is 1. The summed E-state index contributed by atoms with van der Waals surface area (Å²) in [4.78, 5) is 8.40. The lowest BCUT2D eigenvalue weighted by Crippen LogP contribution is -2.28. The van der Waals surface area contributed by atoms with E-state index >= 15 is 0 Å². The minimum atomic E-state index is -0.235. The SMILES string of the molecule is CC(C)(CN)c1nc2ncccc2o1. The molecular weight excluding hydrogens is 178 g/mol. The molecule has 4 nitrogen and oxygen atoms in total. The summed E-state index contributed by atoms with van der Waals surface area (Å²) in [6, 6.07) is 3.68. The minimum Gasteiger partial charge on any atom is -0.438 e. The first-order chi connectivity index (χ1) is 6.63. The van der Waals surface area contributed by atoms with Crippen LogP contribution in [0.5, 0.6) is 0 Å². The summed E-state index contributed by atoms with van der Waals surface area (Å²) < 4.78 is 5.57. The van der Waals surface area contributed by atoms with E-state index in [2.05, 4.69) is 9.97 Å². The van der Waals surface area contributed by atoms with E-state index in [1.54, 1.807) is 6.20 Å². The summed E-state index contributed by atoms with van der Waals surface area (Å²) in [5.41, 5.74) is 6.76. The van der Waals surface area contributed by atoms with Gasteiger partial charge in [-0.3, -0.25) is 0 Å². The Balaban J connectivity index is 2.55. The maximum absolute atomic E-state index is 5.64. The first kappa shape index (κ1) is 9.15. The number of rotatable bonds is 2. The average molecular weight is 191 g/mol. The van der Waals surface area contributed by atoms with Crippen molar-refractivity contribution < 1.29 is 4.42 Å². The van der Waals surface area contributed by atoms with Crippen molar-refractivity contribution in [2.24, 2.45) is 5.73 Å². The van der Waals surface area contributed by atoms with E-state index in [0.717, 1.165) is 0 Å². The Morgan fingerprint density at radius 3 is 2.93 bits per heavy atom. The normalized spacial score (nSPS) is 12.2.